The third-order valence-electron chi connectivity index (χ3n) is 3.56. The van der Waals surface area contributed by atoms with Crippen molar-refractivity contribution >= 4 is 17.5 Å². The molecule has 0 atom stereocenters. The lowest BCUT2D eigenvalue weighted by Crippen LogP contribution is -2.15. The van der Waals surface area contributed by atoms with Crippen molar-refractivity contribution in [2.24, 2.45) is 0 Å². The fourth-order valence-electron chi connectivity index (χ4n) is 2.38. The van der Waals surface area contributed by atoms with Crippen LogP contribution in [0.4, 0.5) is 5.69 Å². The van der Waals surface area contributed by atoms with Gasteiger partial charge < -0.3 is 9.47 Å². The molecule has 1 heterocycles. The van der Waals surface area contributed by atoms with Crippen LogP contribution in [-0.4, -0.2) is 23.9 Å². The van der Waals surface area contributed by atoms with Crippen LogP contribution >= 0.6 is 0 Å². The molecule has 3 rings (SSSR count). The first kappa shape index (κ1) is 16.2. The zero-order chi connectivity index (χ0) is 17.8. The SMILES string of the molecule is N#C/C(=C\c1ccc2c(c1)OCCO2)C(=O)c1cccc([N+](=O)[O-])c1. The molecule has 0 saturated carbocycles. The van der Waals surface area contributed by atoms with Crippen molar-refractivity contribution in [3.05, 3.63) is 69.3 Å². The number of carbonyl (C=O) groups excluding carboxylic acids is 1. The van der Waals surface area contributed by atoms with Gasteiger partial charge in [0.25, 0.3) is 5.69 Å². The van der Waals surface area contributed by atoms with Crippen LogP contribution < -0.4 is 9.47 Å². The summed E-state index contributed by atoms with van der Waals surface area (Å²) in [6.45, 7) is 0.898. The van der Waals surface area contributed by atoms with E-state index in [1.54, 1.807) is 18.2 Å². The molecule has 25 heavy (non-hydrogen) atoms. The summed E-state index contributed by atoms with van der Waals surface area (Å²) < 4.78 is 10.9. The molecule has 0 spiro atoms. The average Bonchev–Trinajstić information content (AvgIpc) is 2.65. The van der Waals surface area contributed by atoms with Gasteiger partial charge in [-0.2, -0.15) is 5.26 Å². The normalized spacial score (nSPS) is 13.0. The van der Waals surface area contributed by atoms with E-state index in [1.807, 2.05) is 6.07 Å². The number of non-ortho nitro benzene ring substituents is 1. The topological polar surface area (TPSA) is 102 Å². The second-order valence-corrected chi connectivity index (χ2v) is 5.21. The number of carbonyl (C=O) groups is 1. The highest BCUT2D eigenvalue weighted by atomic mass is 16.6. The number of allylic oxidation sites excluding steroid dienone is 1. The molecule has 7 heteroatoms. The number of benzene rings is 2. The fourth-order valence-corrected chi connectivity index (χ4v) is 2.38. The molecule has 0 N–H and O–H groups in total. The molecule has 2 aromatic carbocycles. The van der Waals surface area contributed by atoms with Crippen LogP contribution in [0.3, 0.4) is 0 Å². The first-order valence-electron chi connectivity index (χ1n) is 7.39. The van der Waals surface area contributed by atoms with Gasteiger partial charge in [0.05, 0.1) is 4.92 Å². The second kappa shape index (κ2) is 6.84. The summed E-state index contributed by atoms with van der Waals surface area (Å²) in [5, 5.41) is 20.1. The zero-order valence-corrected chi connectivity index (χ0v) is 13.0. The zero-order valence-electron chi connectivity index (χ0n) is 13.0. The van der Waals surface area contributed by atoms with Gasteiger partial charge in [0.2, 0.25) is 5.78 Å². The number of Topliss-reactive ketones (excluding diaryl/α,β-unsaturated/α-hetero) is 1. The lowest BCUT2D eigenvalue weighted by atomic mass is 10.0. The number of nitrogens with zero attached hydrogens (tertiary/aromatic N) is 2. The van der Waals surface area contributed by atoms with Gasteiger partial charge in [-0.25, -0.2) is 0 Å². The lowest BCUT2D eigenvalue weighted by molar-refractivity contribution is -0.384. The van der Waals surface area contributed by atoms with E-state index in [0.717, 1.165) is 6.07 Å². The number of nitro groups is 1. The number of ketones is 1. The summed E-state index contributed by atoms with van der Waals surface area (Å²) in [5.41, 5.74) is 0.346. The van der Waals surface area contributed by atoms with Crippen LogP contribution in [0.2, 0.25) is 0 Å². The van der Waals surface area contributed by atoms with E-state index in [2.05, 4.69) is 0 Å². The number of hydrogen-bond acceptors (Lipinski definition) is 6. The Morgan fingerprint density at radius 3 is 2.64 bits per heavy atom. The molecule has 7 nitrogen and oxygen atoms in total. The van der Waals surface area contributed by atoms with Crippen LogP contribution in [0.25, 0.3) is 6.08 Å². The number of rotatable bonds is 4. The molecule has 1 aliphatic heterocycles. The number of fused-ring (bicyclic) bond motifs is 1. The van der Waals surface area contributed by atoms with Crippen LogP contribution in [0.1, 0.15) is 15.9 Å². The smallest absolute Gasteiger partial charge is 0.270 e. The number of nitro benzene ring substituents is 1. The van der Waals surface area contributed by atoms with Gasteiger partial charge in [-0.1, -0.05) is 18.2 Å². The van der Waals surface area contributed by atoms with Gasteiger partial charge >= 0.3 is 0 Å². The number of nitriles is 1. The molecule has 0 bridgehead atoms. The standard InChI is InChI=1S/C18H12N2O5/c19-11-14(18(21)13-2-1-3-15(10-13)20(22)23)8-12-4-5-16-17(9-12)25-7-6-24-16/h1-5,8-10H,6-7H2/b14-8+. The molecular formula is C18H12N2O5. The van der Waals surface area contributed by atoms with Crippen LogP contribution in [-0.2, 0) is 0 Å². The van der Waals surface area contributed by atoms with Gasteiger partial charge in [-0.05, 0) is 23.8 Å². The monoisotopic (exact) mass is 336 g/mol. The molecule has 0 radical (unpaired) electrons. The third-order valence-corrected chi connectivity index (χ3v) is 3.56. The second-order valence-electron chi connectivity index (χ2n) is 5.21. The number of ether oxygens (including phenoxy) is 2. The summed E-state index contributed by atoms with van der Waals surface area (Å²) in [7, 11) is 0. The summed E-state index contributed by atoms with van der Waals surface area (Å²) >= 11 is 0. The minimum atomic E-state index is -0.590. The molecule has 0 fully saturated rings. The highest BCUT2D eigenvalue weighted by Crippen LogP contribution is 2.31. The van der Waals surface area contributed by atoms with Crippen molar-refractivity contribution in [2.45, 2.75) is 0 Å². The van der Waals surface area contributed by atoms with E-state index in [0.29, 0.717) is 30.3 Å². The molecule has 0 aliphatic carbocycles. The van der Waals surface area contributed by atoms with E-state index in [4.69, 9.17) is 9.47 Å². The maximum Gasteiger partial charge on any atom is 0.270 e. The van der Waals surface area contributed by atoms with Crippen molar-refractivity contribution in [1.29, 1.82) is 5.26 Å². The first-order chi connectivity index (χ1) is 12.1. The minimum Gasteiger partial charge on any atom is -0.486 e. The predicted molar refractivity (Wildman–Crippen MR) is 88.4 cm³/mol. The number of hydrogen-bond donors (Lipinski definition) is 0. The van der Waals surface area contributed by atoms with Crippen molar-refractivity contribution in [1.82, 2.24) is 0 Å². The predicted octanol–water partition coefficient (Wildman–Crippen LogP) is 3.16. The van der Waals surface area contributed by atoms with Crippen molar-refractivity contribution in [3.8, 4) is 17.6 Å². The summed E-state index contributed by atoms with van der Waals surface area (Å²) in [6, 6.07) is 12.2. The first-order valence-corrected chi connectivity index (χ1v) is 7.39. The molecule has 0 unspecified atom stereocenters. The Bertz CT molecular complexity index is 927. The quantitative estimate of drug-likeness (QED) is 0.279. The molecule has 2 aromatic rings. The Morgan fingerprint density at radius 2 is 1.92 bits per heavy atom. The van der Waals surface area contributed by atoms with E-state index >= 15 is 0 Å². The van der Waals surface area contributed by atoms with Crippen molar-refractivity contribution in [3.63, 3.8) is 0 Å². The molecule has 124 valence electrons. The van der Waals surface area contributed by atoms with Crippen LogP contribution in [0, 0.1) is 21.4 Å². The summed E-state index contributed by atoms with van der Waals surface area (Å²) in [6.07, 6.45) is 1.42. The highest BCUT2D eigenvalue weighted by Gasteiger charge is 2.17. The highest BCUT2D eigenvalue weighted by molar-refractivity contribution is 6.14. The Balaban J connectivity index is 1.93. The summed E-state index contributed by atoms with van der Waals surface area (Å²) in [5.74, 6) is 0.563. The van der Waals surface area contributed by atoms with E-state index in [9.17, 15) is 20.2 Å². The molecular weight excluding hydrogens is 324 g/mol. The fraction of sp³-hybridized carbons (Fsp3) is 0.111. The maximum atomic E-state index is 12.5. The van der Waals surface area contributed by atoms with Gasteiger partial charge in [-0.3, -0.25) is 14.9 Å². The van der Waals surface area contributed by atoms with E-state index < -0.39 is 10.7 Å². The Kier molecular flexibility index (Phi) is 4.44. The third kappa shape index (κ3) is 3.48. The van der Waals surface area contributed by atoms with Gasteiger partial charge in [0, 0.05) is 17.7 Å². The van der Waals surface area contributed by atoms with E-state index in [1.165, 1.54) is 24.3 Å². The average molecular weight is 336 g/mol. The van der Waals surface area contributed by atoms with Gasteiger partial charge in [0.1, 0.15) is 24.9 Å². The van der Waals surface area contributed by atoms with Gasteiger partial charge in [0.15, 0.2) is 11.5 Å². The Morgan fingerprint density at radius 1 is 1.16 bits per heavy atom. The van der Waals surface area contributed by atoms with Crippen LogP contribution in [0.5, 0.6) is 11.5 Å². The Labute approximate surface area is 142 Å². The lowest BCUT2D eigenvalue weighted by Gasteiger charge is -2.18. The Hall–Kier alpha value is -3.66. The summed E-state index contributed by atoms with van der Waals surface area (Å²) in [4.78, 5) is 22.7. The van der Waals surface area contributed by atoms with Crippen LogP contribution in [0.15, 0.2) is 48.0 Å². The van der Waals surface area contributed by atoms with Gasteiger partial charge in [-0.15, -0.1) is 0 Å². The van der Waals surface area contributed by atoms with Crippen molar-refractivity contribution < 1.29 is 19.2 Å². The molecule has 1 aliphatic rings. The molecule has 0 amide bonds. The molecule has 0 saturated heterocycles. The molecule has 0 aromatic heterocycles. The van der Waals surface area contributed by atoms with E-state index in [-0.39, 0.29) is 16.8 Å². The van der Waals surface area contributed by atoms with Crippen molar-refractivity contribution in [2.75, 3.05) is 13.2 Å². The minimum absolute atomic E-state index is 0.0829. The maximum absolute atomic E-state index is 12.5. The largest absolute Gasteiger partial charge is 0.486 e.